The third-order valence-corrected chi connectivity index (χ3v) is 3.65. The molecule has 0 aliphatic carbocycles. The highest BCUT2D eigenvalue weighted by molar-refractivity contribution is 6.20. The van der Waals surface area contributed by atoms with Gasteiger partial charge in [-0.2, -0.15) is 0 Å². The van der Waals surface area contributed by atoms with Gasteiger partial charge in [0.2, 0.25) is 0 Å². The molecule has 2 aromatic carbocycles. The van der Waals surface area contributed by atoms with Crippen LogP contribution in [0.1, 0.15) is 43.0 Å². The predicted molar refractivity (Wildman–Crippen MR) is 91.8 cm³/mol. The van der Waals surface area contributed by atoms with Gasteiger partial charge in [0.05, 0.1) is 5.57 Å². The van der Waals surface area contributed by atoms with Crippen molar-refractivity contribution in [3.8, 4) is 0 Å². The molecule has 0 unspecified atom stereocenters. The van der Waals surface area contributed by atoms with Crippen LogP contribution in [0.3, 0.4) is 0 Å². The van der Waals surface area contributed by atoms with E-state index in [9.17, 15) is 9.90 Å². The van der Waals surface area contributed by atoms with E-state index in [1.165, 1.54) is 5.56 Å². The van der Waals surface area contributed by atoms with E-state index >= 15 is 0 Å². The van der Waals surface area contributed by atoms with Crippen LogP contribution in [-0.2, 0) is 10.2 Å². The molecule has 2 aromatic rings. The summed E-state index contributed by atoms with van der Waals surface area (Å²) in [4.78, 5) is 11.6. The summed E-state index contributed by atoms with van der Waals surface area (Å²) in [6.45, 7) is 8.44. The van der Waals surface area contributed by atoms with Gasteiger partial charge in [0, 0.05) is 0 Å². The van der Waals surface area contributed by atoms with Gasteiger partial charge >= 0.3 is 5.97 Å². The van der Waals surface area contributed by atoms with Gasteiger partial charge in [-0.15, -0.1) is 0 Å². The lowest BCUT2D eigenvalue weighted by Crippen LogP contribution is -2.10. The number of aliphatic carboxylic acids is 1. The zero-order valence-electron chi connectivity index (χ0n) is 13.6. The van der Waals surface area contributed by atoms with Crippen molar-refractivity contribution in [1.82, 2.24) is 0 Å². The lowest BCUT2D eigenvalue weighted by atomic mass is 9.86. The standard InChI is InChI=1S/C20H22O2/c1-14-6-5-7-16(12-14)18(19(21)22)13-15-8-10-17(11-9-15)20(2,3)4/h5-13H,1-4H3,(H,21,22)/b18-13+. The second-order valence-corrected chi connectivity index (χ2v) is 6.60. The highest BCUT2D eigenvalue weighted by atomic mass is 16.4. The highest BCUT2D eigenvalue weighted by Crippen LogP contribution is 2.24. The number of benzene rings is 2. The molecule has 1 N–H and O–H groups in total. The summed E-state index contributed by atoms with van der Waals surface area (Å²) in [7, 11) is 0. The van der Waals surface area contributed by atoms with Crippen molar-refractivity contribution in [1.29, 1.82) is 0 Å². The van der Waals surface area contributed by atoms with Crippen LogP contribution in [0.25, 0.3) is 11.6 Å². The van der Waals surface area contributed by atoms with Gasteiger partial charge in [-0.1, -0.05) is 74.9 Å². The Hall–Kier alpha value is -2.35. The molecular formula is C20H22O2. The minimum absolute atomic E-state index is 0.0917. The average Bonchev–Trinajstić information content (AvgIpc) is 2.44. The molecule has 0 fully saturated rings. The molecule has 0 spiro atoms. The Morgan fingerprint density at radius 2 is 1.68 bits per heavy atom. The van der Waals surface area contributed by atoms with Crippen molar-refractivity contribution < 1.29 is 9.90 Å². The van der Waals surface area contributed by atoms with Crippen LogP contribution >= 0.6 is 0 Å². The van der Waals surface area contributed by atoms with Gasteiger partial charge in [0.25, 0.3) is 0 Å². The summed E-state index contributed by atoms with van der Waals surface area (Å²) in [5.74, 6) is -0.912. The number of aryl methyl sites for hydroxylation is 1. The topological polar surface area (TPSA) is 37.3 Å². The van der Waals surface area contributed by atoms with Crippen LogP contribution in [-0.4, -0.2) is 11.1 Å². The zero-order chi connectivity index (χ0) is 16.3. The van der Waals surface area contributed by atoms with E-state index in [-0.39, 0.29) is 5.41 Å². The van der Waals surface area contributed by atoms with E-state index < -0.39 is 5.97 Å². The Balaban J connectivity index is 2.41. The van der Waals surface area contributed by atoms with E-state index in [2.05, 4.69) is 32.9 Å². The first-order valence-corrected chi connectivity index (χ1v) is 7.40. The molecule has 22 heavy (non-hydrogen) atoms. The second-order valence-electron chi connectivity index (χ2n) is 6.60. The predicted octanol–water partition coefficient (Wildman–Crippen LogP) is 4.92. The largest absolute Gasteiger partial charge is 0.478 e. The maximum Gasteiger partial charge on any atom is 0.336 e. The van der Waals surface area contributed by atoms with Gasteiger partial charge in [-0.05, 0) is 35.1 Å². The second kappa shape index (κ2) is 6.18. The number of carbonyl (C=O) groups is 1. The molecular weight excluding hydrogens is 272 g/mol. The Labute approximate surface area is 132 Å². The van der Waals surface area contributed by atoms with Gasteiger partial charge < -0.3 is 5.11 Å². The Kier molecular flexibility index (Phi) is 4.51. The first-order chi connectivity index (χ1) is 10.3. The van der Waals surface area contributed by atoms with Gasteiger partial charge in [-0.3, -0.25) is 0 Å². The molecule has 0 heterocycles. The third-order valence-electron chi connectivity index (χ3n) is 3.65. The first-order valence-electron chi connectivity index (χ1n) is 7.40. The smallest absolute Gasteiger partial charge is 0.336 e. The quantitative estimate of drug-likeness (QED) is 0.644. The molecule has 2 rings (SSSR count). The Morgan fingerprint density at radius 3 is 2.18 bits per heavy atom. The molecule has 0 saturated carbocycles. The van der Waals surface area contributed by atoms with Crippen molar-refractivity contribution in [2.45, 2.75) is 33.1 Å². The maximum atomic E-state index is 11.6. The van der Waals surface area contributed by atoms with Crippen molar-refractivity contribution >= 4 is 17.6 Å². The molecule has 0 bridgehead atoms. The molecule has 0 amide bonds. The zero-order valence-corrected chi connectivity index (χ0v) is 13.6. The van der Waals surface area contributed by atoms with Crippen LogP contribution in [0.2, 0.25) is 0 Å². The number of hydrogen-bond donors (Lipinski definition) is 1. The van der Waals surface area contributed by atoms with Crippen LogP contribution in [0, 0.1) is 6.92 Å². The van der Waals surface area contributed by atoms with Crippen LogP contribution < -0.4 is 0 Å². The average molecular weight is 294 g/mol. The molecule has 0 atom stereocenters. The van der Waals surface area contributed by atoms with Gasteiger partial charge in [0.1, 0.15) is 0 Å². The molecule has 0 aliphatic heterocycles. The van der Waals surface area contributed by atoms with Gasteiger partial charge in [-0.25, -0.2) is 4.79 Å². The maximum absolute atomic E-state index is 11.6. The summed E-state index contributed by atoms with van der Waals surface area (Å²) in [5.41, 5.74) is 4.31. The van der Waals surface area contributed by atoms with E-state index in [4.69, 9.17) is 0 Å². The number of carboxylic acid groups (broad SMARTS) is 1. The third kappa shape index (κ3) is 3.85. The van der Waals surface area contributed by atoms with Crippen molar-refractivity contribution in [3.63, 3.8) is 0 Å². The van der Waals surface area contributed by atoms with E-state index in [1.807, 2.05) is 43.3 Å². The molecule has 0 aliphatic rings. The summed E-state index contributed by atoms with van der Waals surface area (Å²) in [5, 5.41) is 9.49. The molecule has 114 valence electrons. The summed E-state index contributed by atoms with van der Waals surface area (Å²) in [6.07, 6.45) is 1.73. The SMILES string of the molecule is Cc1cccc(/C(=C\c2ccc(C(C)(C)C)cc2)C(=O)O)c1. The van der Waals surface area contributed by atoms with E-state index in [0.717, 1.165) is 16.7 Å². The summed E-state index contributed by atoms with van der Waals surface area (Å²) < 4.78 is 0. The lowest BCUT2D eigenvalue weighted by Gasteiger charge is -2.18. The van der Waals surface area contributed by atoms with Gasteiger partial charge in [0.15, 0.2) is 0 Å². The minimum atomic E-state index is -0.912. The Morgan fingerprint density at radius 1 is 1.05 bits per heavy atom. The number of carboxylic acids is 1. The number of rotatable bonds is 3. The highest BCUT2D eigenvalue weighted by Gasteiger charge is 2.14. The lowest BCUT2D eigenvalue weighted by molar-refractivity contribution is -0.130. The fraction of sp³-hybridized carbons (Fsp3) is 0.250. The van der Waals surface area contributed by atoms with Crippen molar-refractivity contribution in [2.24, 2.45) is 0 Å². The molecule has 0 aromatic heterocycles. The summed E-state index contributed by atoms with van der Waals surface area (Å²) >= 11 is 0. The van der Waals surface area contributed by atoms with Crippen molar-refractivity contribution in [3.05, 3.63) is 70.8 Å². The molecule has 0 saturated heterocycles. The normalized spacial score (nSPS) is 12.3. The monoisotopic (exact) mass is 294 g/mol. The van der Waals surface area contributed by atoms with E-state index in [1.54, 1.807) is 6.08 Å². The molecule has 2 nitrogen and oxygen atoms in total. The van der Waals surface area contributed by atoms with E-state index in [0.29, 0.717) is 5.57 Å². The minimum Gasteiger partial charge on any atom is -0.478 e. The first kappa shape index (κ1) is 16.0. The van der Waals surface area contributed by atoms with Crippen LogP contribution in [0.15, 0.2) is 48.5 Å². The Bertz CT molecular complexity index is 701. The fourth-order valence-electron chi connectivity index (χ4n) is 2.33. The van der Waals surface area contributed by atoms with Crippen LogP contribution in [0.5, 0.6) is 0 Å². The number of hydrogen-bond acceptors (Lipinski definition) is 1. The summed E-state index contributed by atoms with van der Waals surface area (Å²) in [6, 6.07) is 15.6. The molecule has 0 radical (unpaired) electrons. The fourth-order valence-corrected chi connectivity index (χ4v) is 2.33. The van der Waals surface area contributed by atoms with Crippen LogP contribution in [0.4, 0.5) is 0 Å². The van der Waals surface area contributed by atoms with Crippen molar-refractivity contribution in [2.75, 3.05) is 0 Å². The molecule has 2 heteroatoms.